The van der Waals surface area contributed by atoms with Gasteiger partial charge >= 0.3 is 11.2 Å². The summed E-state index contributed by atoms with van der Waals surface area (Å²) in [5, 5.41) is 11.0. The number of anilines is 1. The topological polar surface area (TPSA) is 120 Å². The third-order valence-electron chi connectivity index (χ3n) is 4.85. The Hall–Kier alpha value is -3.80. The molecule has 2 aromatic heterocycles. The van der Waals surface area contributed by atoms with Crippen LogP contribution in [-0.2, 0) is 16.4 Å². The number of hydrogen-bond acceptors (Lipinski definition) is 6. The Morgan fingerprint density at radius 3 is 2.41 bits per heavy atom. The molecule has 0 aliphatic carbocycles. The number of fused-ring (bicyclic) bond motifs is 1. The number of nitrogens with zero attached hydrogens (tertiary/aromatic N) is 3. The van der Waals surface area contributed by atoms with Crippen molar-refractivity contribution in [3.8, 4) is 11.6 Å². The van der Waals surface area contributed by atoms with Crippen LogP contribution in [0.3, 0.4) is 0 Å². The second-order valence-electron chi connectivity index (χ2n) is 6.92. The molecule has 3 N–H and O–H groups in total. The highest BCUT2D eigenvalue weighted by Gasteiger charge is 2.46. The lowest BCUT2D eigenvalue weighted by molar-refractivity contribution is -0.0436. The number of pyridine rings is 1. The van der Waals surface area contributed by atoms with Gasteiger partial charge < -0.3 is 10.8 Å². The molecule has 0 aliphatic heterocycles. The van der Waals surface area contributed by atoms with E-state index < -0.39 is 31.8 Å². The van der Waals surface area contributed by atoms with E-state index in [1.54, 1.807) is 30.5 Å². The highest BCUT2D eigenvalue weighted by atomic mass is 32.2. The summed E-state index contributed by atoms with van der Waals surface area (Å²) in [6, 6.07) is 10.3. The number of nitrogen functional groups attached to an aromatic ring is 1. The Kier molecular flexibility index (Phi) is 4.96. The molecule has 12 heteroatoms. The largest absolute Gasteiger partial charge is 0.501 e. The van der Waals surface area contributed by atoms with Crippen molar-refractivity contribution in [2.24, 2.45) is 0 Å². The molecule has 0 saturated heterocycles. The smallest absolute Gasteiger partial charge is 0.493 e. The van der Waals surface area contributed by atoms with Gasteiger partial charge in [0.25, 0.3) is 9.84 Å². The van der Waals surface area contributed by atoms with Crippen LogP contribution in [0.15, 0.2) is 70.6 Å². The predicted molar refractivity (Wildman–Crippen MR) is 110 cm³/mol. The molecule has 0 saturated carbocycles. The Morgan fingerprint density at radius 2 is 1.75 bits per heavy atom. The molecule has 166 valence electrons. The number of imidazole rings is 1. The Labute approximate surface area is 178 Å². The summed E-state index contributed by atoms with van der Waals surface area (Å²) in [5.41, 5.74) is 1.52. The Balaban J connectivity index is 1.71. The molecule has 0 unspecified atom stereocenters. The first kappa shape index (κ1) is 21.4. The van der Waals surface area contributed by atoms with Gasteiger partial charge in [-0.05, 0) is 48.0 Å². The Bertz CT molecular complexity index is 1490. The SMILES string of the molecule is Nc1ccc2c(Cn3cc(O)n(-c4ccc(S(=O)(=O)C(F)(F)F)cc4)c3=O)ccnc2c1. The third kappa shape index (κ3) is 3.58. The summed E-state index contributed by atoms with van der Waals surface area (Å²) in [5.74, 6) is -0.468. The van der Waals surface area contributed by atoms with Crippen LogP contribution in [0.25, 0.3) is 16.6 Å². The van der Waals surface area contributed by atoms with E-state index in [1.807, 2.05) is 0 Å². The van der Waals surface area contributed by atoms with Crippen molar-refractivity contribution in [2.45, 2.75) is 16.9 Å². The van der Waals surface area contributed by atoms with Crippen LogP contribution in [0.2, 0.25) is 0 Å². The highest BCUT2D eigenvalue weighted by Crippen LogP contribution is 2.30. The molecule has 8 nitrogen and oxygen atoms in total. The molecular formula is C20H15F3N4O4S. The first-order valence-electron chi connectivity index (χ1n) is 9.05. The fourth-order valence-corrected chi connectivity index (χ4v) is 4.05. The summed E-state index contributed by atoms with van der Waals surface area (Å²) in [7, 11) is -5.52. The van der Waals surface area contributed by atoms with Crippen LogP contribution in [0.4, 0.5) is 18.9 Å². The molecule has 0 amide bonds. The number of nitrogens with two attached hydrogens (primary N) is 1. The van der Waals surface area contributed by atoms with Crippen molar-refractivity contribution in [1.29, 1.82) is 0 Å². The third-order valence-corrected chi connectivity index (χ3v) is 6.35. The minimum Gasteiger partial charge on any atom is -0.493 e. The van der Waals surface area contributed by atoms with Gasteiger partial charge in [-0.3, -0.25) is 9.55 Å². The number of sulfone groups is 1. The standard InChI is InChI=1S/C20H15F3N4O4S/c21-20(22,23)32(30,31)15-4-2-14(3-5-15)27-18(28)11-26(19(27)29)10-12-7-8-25-17-9-13(24)1-6-16(12)17/h1-9,11,28H,10,24H2. The van der Waals surface area contributed by atoms with E-state index in [0.29, 0.717) is 11.2 Å². The zero-order valence-corrected chi connectivity index (χ0v) is 16.9. The molecule has 32 heavy (non-hydrogen) atoms. The van der Waals surface area contributed by atoms with Gasteiger partial charge in [0.15, 0.2) is 0 Å². The average molecular weight is 464 g/mol. The van der Waals surface area contributed by atoms with E-state index in [2.05, 4.69) is 4.98 Å². The van der Waals surface area contributed by atoms with Crippen LogP contribution >= 0.6 is 0 Å². The molecule has 0 atom stereocenters. The molecular weight excluding hydrogens is 449 g/mol. The van der Waals surface area contributed by atoms with Crippen LogP contribution in [0.1, 0.15) is 5.56 Å². The van der Waals surface area contributed by atoms with Gasteiger partial charge in [-0.1, -0.05) is 6.07 Å². The maximum absolute atomic E-state index is 12.9. The fourth-order valence-electron chi connectivity index (χ4n) is 3.29. The molecule has 4 aromatic rings. The second kappa shape index (κ2) is 7.41. The monoisotopic (exact) mass is 464 g/mol. The van der Waals surface area contributed by atoms with E-state index in [4.69, 9.17) is 5.73 Å². The minimum atomic E-state index is -5.52. The van der Waals surface area contributed by atoms with Gasteiger partial charge in [0.05, 0.1) is 28.8 Å². The lowest BCUT2D eigenvalue weighted by atomic mass is 10.1. The molecule has 0 fully saturated rings. The normalized spacial score (nSPS) is 12.3. The molecule has 0 spiro atoms. The molecule has 0 aliphatic rings. The number of hydrogen-bond donors (Lipinski definition) is 2. The van der Waals surface area contributed by atoms with E-state index in [9.17, 15) is 31.5 Å². The Morgan fingerprint density at radius 1 is 1.06 bits per heavy atom. The fraction of sp³-hybridized carbons (Fsp3) is 0.100. The van der Waals surface area contributed by atoms with Gasteiger partial charge in [0, 0.05) is 17.3 Å². The number of halogens is 3. The average Bonchev–Trinajstić information content (AvgIpc) is 3.00. The number of aromatic nitrogens is 3. The van der Waals surface area contributed by atoms with E-state index in [0.717, 1.165) is 39.8 Å². The van der Waals surface area contributed by atoms with Gasteiger partial charge in [-0.2, -0.15) is 13.2 Å². The second-order valence-corrected chi connectivity index (χ2v) is 8.86. The van der Waals surface area contributed by atoms with E-state index in [1.165, 1.54) is 10.8 Å². The van der Waals surface area contributed by atoms with Crippen molar-refractivity contribution in [2.75, 3.05) is 5.73 Å². The lowest BCUT2D eigenvalue weighted by Gasteiger charge is -2.09. The van der Waals surface area contributed by atoms with Crippen molar-refractivity contribution < 1.29 is 26.7 Å². The lowest BCUT2D eigenvalue weighted by Crippen LogP contribution is -2.24. The molecule has 0 radical (unpaired) electrons. The maximum Gasteiger partial charge on any atom is 0.501 e. The molecule has 2 heterocycles. The zero-order valence-electron chi connectivity index (χ0n) is 16.1. The number of alkyl halides is 3. The minimum absolute atomic E-state index is 0.000246. The van der Waals surface area contributed by atoms with E-state index >= 15 is 0 Å². The summed E-state index contributed by atoms with van der Waals surface area (Å²) in [6.45, 7) is 0.0723. The predicted octanol–water partition coefficient (Wildman–Crippen LogP) is 2.82. The first-order valence-corrected chi connectivity index (χ1v) is 10.5. The van der Waals surface area contributed by atoms with Crippen LogP contribution < -0.4 is 11.4 Å². The van der Waals surface area contributed by atoms with Crippen molar-refractivity contribution in [1.82, 2.24) is 14.1 Å². The summed E-state index contributed by atoms with van der Waals surface area (Å²) >= 11 is 0. The van der Waals surface area contributed by atoms with Crippen LogP contribution in [0.5, 0.6) is 5.88 Å². The molecule has 4 rings (SSSR count). The van der Waals surface area contributed by atoms with Gasteiger partial charge in [-0.25, -0.2) is 17.8 Å². The van der Waals surface area contributed by atoms with Gasteiger partial charge in [0.2, 0.25) is 5.88 Å². The van der Waals surface area contributed by atoms with E-state index in [-0.39, 0.29) is 12.2 Å². The maximum atomic E-state index is 12.9. The van der Waals surface area contributed by atoms with Crippen molar-refractivity contribution in [3.05, 3.63) is 77.0 Å². The van der Waals surface area contributed by atoms with Gasteiger partial charge in [0.1, 0.15) is 0 Å². The first-order chi connectivity index (χ1) is 15.0. The van der Waals surface area contributed by atoms with Gasteiger partial charge in [-0.15, -0.1) is 0 Å². The highest BCUT2D eigenvalue weighted by molar-refractivity contribution is 7.92. The summed E-state index contributed by atoms with van der Waals surface area (Å²) < 4.78 is 63.2. The van der Waals surface area contributed by atoms with Crippen LogP contribution in [0, 0.1) is 0 Å². The zero-order chi connectivity index (χ0) is 23.3. The molecule has 0 bridgehead atoms. The van der Waals surface area contributed by atoms with Crippen LogP contribution in [-0.4, -0.2) is 33.2 Å². The summed E-state index contributed by atoms with van der Waals surface area (Å²) in [4.78, 5) is 16.1. The molecule has 2 aromatic carbocycles. The van der Waals surface area contributed by atoms with Crippen molar-refractivity contribution in [3.63, 3.8) is 0 Å². The summed E-state index contributed by atoms with van der Waals surface area (Å²) in [6.07, 6.45) is 2.73. The number of benzene rings is 2. The number of aromatic hydroxyl groups is 1. The van der Waals surface area contributed by atoms with Crippen molar-refractivity contribution >= 4 is 26.4 Å². The number of rotatable bonds is 4. The quantitative estimate of drug-likeness (QED) is 0.448.